The number of carbonyl (C=O) groups excluding carboxylic acids is 1. The van der Waals surface area contributed by atoms with Crippen LogP contribution in [0, 0.1) is 0 Å². The SMILES string of the molecule is CCN(C(=O)CN1CCS(=O)(=O)CC1)C1CCCCC1. The standard InChI is InChI=1S/C14H26N2O3S/c1-2-16(13-6-4-3-5-7-13)14(17)12-15-8-10-20(18,19)11-9-15/h13H,2-12H2,1H3. The molecule has 1 heterocycles. The zero-order chi connectivity index (χ0) is 14.6. The molecule has 0 bridgehead atoms. The van der Waals surface area contributed by atoms with Gasteiger partial charge in [0.05, 0.1) is 18.1 Å². The number of sulfone groups is 1. The van der Waals surface area contributed by atoms with Gasteiger partial charge in [0.25, 0.3) is 0 Å². The zero-order valence-electron chi connectivity index (χ0n) is 12.4. The van der Waals surface area contributed by atoms with Crippen molar-refractivity contribution in [1.82, 2.24) is 9.80 Å². The van der Waals surface area contributed by atoms with Crippen LogP contribution in [0.1, 0.15) is 39.0 Å². The molecule has 0 aromatic rings. The maximum atomic E-state index is 12.4. The summed E-state index contributed by atoms with van der Waals surface area (Å²) in [4.78, 5) is 16.4. The summed E-state index contributed by atoms with van der Waals surface area (Å²) in [5.74, 6) is 0.546. The summed E-state index contributed by atoms with van der Waals surface area (Å²) >= 11 is 0. The Morgan fingerprint density at radius 3 is 2.30 bits per heavy atom. The lowest BCUT2D eigenvalue weighted by Gasteiger charge is -2.35. The molecule has 5 nitrogen and oxygen atoms in total. The molecule has 2 fully saturated rings. The highest BCUT2D eigenvalue weighted by Gasteiger charge is 2.27. The molecule has 0 unspecified atom stereocenters. The van der Waals surface area contributed by atoms with Crippen LogP contribution in [0.3, 0.4) is 0 Å². The van der Waals surface area contributed by atoms with Gasteiger partial charge in [-0.05, 0) is 19.8 Å². The molecule has 0 radical (unpaired) electrons. The molecule has 1 aliphatic heterocycles. The van der Waals surface area contributed by atoms with Gasteiger partial charge in [-0.1, -0.05) is 19.3 Å². The maximum absolute atomic E-state index is 12.4. The molecule has 1 saturated heterocycles. The van der Waals surface area contributed by atoms with E-state index in [1.54, 1.807) is 0 Å². The van der Waals surface area contributed by atoms with E-state index in [2.05, 4.69) is 0 Å². The molecule has 1 saturated carbocycles. The summed E-state index contributed by atoms with van der Waals surface area (Å²) in [6.07, 6.45) is 5.96. The van der Waals surface area contributed by atoms with Crippen molar-refractivity contribution in [3.63, 3.8) is 0 Å². The van der Waals surface area contributed by atoms with Gasteiger partial charge in [-0.25, -0.2) is 8.42 Å². The van der Waals surface area contributed by atoms with Crippen LogP contribution in [0.5, 0.6) is 0 Å². The third-order valence-electron chi connectivity index (χ3n) is 4.47. The predicted octanol–water partition coefficient (Wildman–Crippen LogP) is 0.898. The average molecular weight is 302 g/mol. The van der Waals surface area contributed by atoms with Gasteiger partial charge < -0.3 is 4.90 Å². The number of hydrogen-bond donors (Lipinski definition) is 0. The van der Waals surface area contributed by atoms with E-state index in [0.29, 0.717) is 25.7 Å². The summed E-state index contributed by atoms with van der Waals surface area (Å²) in [5, 5.41) is 0. The molecule has 1 amide bonds. The number of amides is 1. The van der Waals surface area contributed by atoms with Crippen molar-refractivity contribution in [2.45, 2.75) is 45.1 Å². The topological polar surface area (TPSA) is 57.7 Å². The van der Waals surface area contributed by atoms with Gasteiger partial charge >= 0.3 is 0 Å². The van der Waals surface area contributed by atoms with Gasteiger partial charge in [0.2, 0.25) is 5.91 Å². The van der Waals surface area contributed by atoms with E-state index in [1.807, 2.05) is 16.7 Å². The van der Waals surface area contributed by atoms with E-state index >= 15 is 0 Å². The van der Waals surface area contributed by atoms with Gasteiger partial charge in [-0.3, -0.25) is 9.69 Å². The van der Waals surface area contributed by atoms with Crippen LogP contribution in [-0.4, -0.2) is 67.9 Å². The summed E-state index contributed by atoms with van der Waals surface area (Å²) < 4.78 is 22.8. The molecule has 0 aromatic carbocycles. The second kappa shape index (κ2) is 6.89. The number of likely N-dealkylation sites (N-methyl/N-ethyl adjacent to an activating group) is 1. The van der Waals surface area contributed by atoms with E-state index in [1.165, 1.54) is 19.3 Å². The minimum absolute atomic E-state index is 0.165. The lowest BCUT2D eigenvalue weighted by Crippen LogP contribution is -2.49. The number of nitrogens with zero attached hydrogens (tertiary/aromatic N) is 2. The summed E-state index contributed by atoms with van der Waals surface area (Å²) in [5.41, 5.74) is 0. The maximum Gasteiger partial charge on any atom is 0.236 e. The largest absolute Gasteiger partial charge is 0.339 e. The number of rotatable bonds is 4. The van der Waals surface area contributed by atoms with Crippen molar-refractivity contribution in [1.29, 1.82) is 0 Å². The van der Waals surface area contributed by atoms with Crippen LogP contribution >= 0.6 is 0 Å². The molecule has 2 aliphatic rings. The monoisotopic (exact) mass is 302 g/mol. The Bertz CT molecular complexity index is 416. The Morgan fingerprint density at radius 2 is 1.75 bits per heavy atom. The first-order valence-corrected chi connectivity index (χ1v) is 9.56. The van der Waals surface area contributed by atoms with Crippen molar-refractivity contribution in [3.8, 4) is 0 Å². The second-order valence-electron chi connectivity index (χ2n) is 5.90. The van der Waals surface area contributed by atoms with Crippen LogP contribution in [0.25, 0.3) is 0 Å². The van der Waals surface area contributed by atoms with E-state index in [9.17, 15) is 13.2 Å². The van der Waals surface area contributed by atoms with Gasteiger partial charge in [-0.2, -0.15) is 0 Å². The van der Waals surface area contributed by atoms with Crippen molar-refractivity contribution in [2.24, 2.45) is 0 Å². The molecule has 0 N–H and O–H groups in total. The number of carbonyl (C=O) groups is 1. The Labute approximate surface area is 122 Å². The summed E-state index contributed by atoms with van der Waals surface area (Å²) in [7, 11) is -2.86. The third-order valence-corrected chi connectivity index (χ3v) is 6.08. The highest BCUT2D eigenvalue weighted by Crippen LogP contribution is 2.22. The Balaban J connectivity index is 1.86. The molecule has 0 atom stereocenters. The molecule has 0 spiro atoms. The molecule has 116 valence electrons. The molecular formula is C14H26N2O3S. The van der Waals surface area contributed by atoms with Gasteiger partial charge in [0, 0.05) is 25.7 Å². The normalized spacial score (nSPS) is 24.4. The fourth-order valence-electron chi connectivity index (χ4n) is 3.22. The minimum Gasteiger partial charge on any atom is -0.339 e. The highest BCUT2D eigenvalue weighted by atomic mass is 32.2. The van der Waals surface area contributed by atoms with Crippen LogP contribution in [0.2, 0.25) is 0 Å². The Morgan fingerprint density at radius 1 is 1.15 bits per heavy atom. The molecule has 1 aliphatic carbocycles. The highest BCUT2D eigenvalue weighted by molar-refractivity contribution is 7.91. The Kier molecular flexibility index (Phi) is 5.43. The first kappa shape index (κ1) is 15.8. The van der Waals surface area contributed by atoms with E-state index in [-0.39, 0.29) is 17.4 Å². The molecule has 0 aromatic heterocycles. The molecule has 6 heteroatoms. The van der Waals surface area contributed by atoms with Gasteiger partial charge in [-0.15, -0.1) is 0 Å². The van der Waals surface area contributed by atoms with Crippen molar-refractivity contribution in [3.05, 3.63) is 0 Å². The lowest BCUT2D eigenvalue weighted by molar-refractivity contribution is -0.135. The quantitative estimate of drug-likeness (QED) is 0.774. The first-order valence-electron chi connectivity index (χ1n) is 7.74. The smallest absolute Gasteiger partial charge is 0.236 e. The predicted molar refractivity (Wildman–Crippen MR) is 79.4 cm³/mol. The van der Waals surface area contributed by atoms with E-state index in [0.717, 1.165) is 19.4 Å². The van der Waals surface area contributed by atoms with Gasteiger partial charge in [0.1, 0.15) is 0 Å². The van der Waals surface area contributed by atoms with E-state index < -0.39 is 9.84 Å². The minimum atomic E-state index is -2.86. The third kappa shape index (κ3) is 4.19. The summed E-state index contributed by atoms with van der Waals surface area (Å²) in [6.45, 7) is 4.16. The van der Waals surface area contributed by atoms with E-state index in [4.69, 9.17) is 0 Å². The lowest BCUT2D eigenvalue weighted by atomic mass is 9.94. The van der Waals surface area contributed by atoms with Crippen LogP contribution < -0.4 is 0 Å². The van der Waals surface area contributed by atoms with Crippen LogP contribution in [0.15, 0.2) is 0 Å². The van der Waals surface area contributed by atoms with Gasteiger partial charge in [0.15, 0.2) is 9.84 Å². The summed E-state index contributed by atoms with van der Waals surface area (Å²) in [6, 6.07) is 0.398. The zero-order valence-corrected chi connectivity index (χ0v) is 13.2. The van der Waals surface area contributed by atoms with Crippen molar-refractivity contribution < 1.29 is 13.2 Å². The number of hydrogen-bond acceptors (Lipinski definition) is 4. The fraction of sp³-hybridized carbons (Fsp3) is 0.929. The fourth-order valence-corrected chi connectivity index (χ4v) is 4.50. The second-order valence-corrected chi connectivity index (χ2v) is 8.20. The van der Waals surface area contributed by atoms with Crippen molar-refractivity contribution >= 4 is 15.7 Å². The molecular weight excluding hydrogens is 276 g/mol. The Hall–Kier alpha value is -0.620. The van der Waals surface area contributed by atoms with Crippen LogP contribution in [0.4, 0.5) is 0 Å². The van der Waals surface area contributed by atoms with Crippen LogP contribution in [-0.2, 0) is 14.6 Å². The molecule has 20 heavy (non-hydrogen) atoms. The van der Waals surface area contributed by atoms with Crippen molar-refractivity contribution in [2.75, 3.05) is 37.7 Å². The first-order chi connectivity index (χ1) is 9.52. The molecule has 2 rings (SSSR count). The average Bonchev–Trinajstić information content (AvgIpc) is 2.43.